The molecule has 1 aromatic carbocycles. The number of benzene rings is 1. The van der Waals surface area contributed by atoms with E-state index in [1.54, 1.807) is 0 Å². The zero-order valence-electron chi connectivity index (χ0n) is 11.0. The van der Waals surface area contributed by atoms with Crippen LogP contribution in [-0.4, -0.2) is 21.7 Å². The van der Waals surface area contributed by atoms with Gasteiger partial charge in [-0.25, -0.2) is 13.5 Å². The Hall–Kier alpha value is -2.66. The number of alkyl halides is 6. The van der Waals surface area contributed by atoms with Crippen molar-refractivity contribution in [2.24, 2.45) is 0 Å². The van der Waals surface area contributed by atoms with Gasteiger partial charge in [0.2, 0.25) is 0 Å². The lowest BCUT2D eigenvalue weighted by atomic mass is 10.1. The van der Waals surface area contributed by atoms with Gasteiger partial charge in [-0.3, -0.25) is 14.7 Å². The molecule has 0 aliphatic rings. The lowest BCUT2D eigenvalue weighted by Crippen LogP contribution is -2.31. The van der Waals surface area contributed by atoms with Gasteiger partial charge in [-0.2, -0.15) is 26.3 Å². The van der Waals surface area contributed by atoms with E-state index < -0.39 is 52.3 Å². The first kappa shape index (κ1) is 17.7. The standard InChI is InChI=1S/C12H4F8N2O2/c13-4-1-5(14)3-6(2-4)22-10(24)7(9(23)12(18,19)20)8(21-22)11(15,16)17/h1-3,21H. The number of carbonyl (C=O) groups excluding carboxylic acids is 1. The Labute approximate surface area is 126 Å². The molecule has 4 nitrogen and oxygen atoms in total. The van der Waals surface area contributed by atoms with Crippen LogP contribution in [0.2, 0.25) is 0 Å². The number of ketones is 1. The van der Waals surface area contributed by atoms with Crippen LogP contribution in [0.15, 0.2) is 23.0 Å². The summed E-state index contributed by atoms with van der Waals surface area (Å²) in [6, 6.07) is 1.11. The molecule has 2 aromatic rings. The van der Waals surface area contributed by atoms with Gasteiger partial charge < -0.3 is 0 Å². The number of aromatic amines is 1. The number of nitrogens with one attached hydrogen (secondary N) is 1. The van der Waals surface area contributed by atoms with E-state index in [-0.39, 0.29) is 4.68 Å². The highest BCUT2D eigenvalue weighted by molar-refractivity contribution is 6.01. The summed E-state index contributed by atoms with van der Waals surface area (Å²) in [5.74, 6) is -5.64. The highest BCUT2D eigenvalue weighted by Crippen LogP contribution is 2.32. The number of aromatic nitrogens is 2. The number of H-pyrrole nitrogens is 1. The second-order valence-electron chi connectivity index (χ2n) is 4.45. The van der Waals surface area contributed by atoms with E-state index in [2.05, 4.69) is 0 Å². The minimum Gasteiger partial charge on any atom is -0.286 e. The summed E-state index contributed by atoms with van der Waals surface area (Å²) in [6.07, 6.45) is -11.3. The molecule has 0 aliphatic heterocycles. The first-order valence-corrected chi connectivity index (χ1v) is 5.82. The molecule has 0 spiro atoms. The Kier molecular flexibility index (Phi) is 4.02. The highest BCUT2D eigenvalue weighted by atomic mass is 19.4. The molecule has 0 unspecified atom stereocenters. The van der Waals surface area contributed by atoms with E-state index in [1.165, 1.54) is 5.10 Å². The molecule has 24 heavy (non-hydrogen) atoms. The van der Waals surface area contributed by atoms with Gasteiger partial charge in [0, 0.05) is 6.07 Å². The molecule has 130 valence electrons. The molecule has 0 aliphatic carbocycles. The summed E-state index contributed by atoms with van der Waals surface area (Å²) in [7, 11) is 0. The second-order valence-corrected chi connectivity index (χ2v) is 4.45. The van der Waals surface area contributed by atoms with Crippen LogP contribution >= 0.6 is 0 Å². The normalized spacial score (nSPS) is 12.5. The van der Waals surface area contributed by atoms with Gasteiger partial charge >= 0.3 is 12.4 Å². The van der Waals surface area contributed by atoms with Crippen molar-refractivity contribution >= 4 is 5.78 Å². The Morgan fingerprint density at radius 3 is 1.88 bits per heavy atom. The fourth-order valence-electron chi connectivity index (χ4n) is 1.84. The summed E-state index contributed by atoms with van der Waals surface area (Å²) in [6.45, 7) is 0. The molecule has 1 aromatic heterocycles. The predicted molar refractivity (Wildman–Crippen MR) is 61.7 cm³/mol. The van der Waals surface area contributed by atoms with E-state index in [9.17, 15) is 44.7 Å². The second kappa shape index (κ2) is 5.46. The van der Waals surface area contributed by atoms with Crippen LogP contribution in [0.4, 0.5) is 35.1 Å². The summed E-state index contributed by atoms with van der Waals surface area (Å²) in [5, 5.41) is 1.24. The molecular weight excluding hydrogens is 356 g/mol. The van der Waals surface area contributed by atoms with Crippen molar-refractivity contribution in [3.63, 3.8) is 0 Å². The van der Waals surface area contributed by atoms with Crippen LogP contribution in [0.25, 0.3) is 5.69 Å². The molecule has 0 saturated heterocycles. The number of rotatable bonds is 2. The molecular formula is C12H4F8N2O2. The lowest BCUT2D eigenvalue weighted by molar-refractivity contribution is -0.142. The summed E-state index contributed by atoms with van der Waals surface area (Å²) in [5.41, 5.74) is -7.40. The zero-order valence-corrected chi connectivity index (χ0v) is 11.0. The van der Waals surface area contributed by atoms with Crippen LogP contribution in [0.3, 0.4) is 0 Å². The topological polar surface area (TPSA) is 54.9 Å². The SMILES string of the molecule is O=C(c1c(C(F)(F)F)[nH]n(-c2cc(F)cc(F)c2)c1=O)C(F)(F)F. The maximum Gasteiger partial charge on any atom is 0.455 e. The van der Waals surface area contributed by atoms with Crippen molar-refractivity contribution in [3.8, 4) is 5.69 Å². The van der Waals surface area contributed by atoms with E-state index in [4.69, 9.17) is 0 Å². The maximum absolute atomic E-state index is 13.1. The number of hydrogen-bond donors (Lipinski definition) is 1. The molecule has 0 bridgehead atoms. The van der Waals surface area contributed by atoms with Crippen LogP contribution in [0, 0.1) is 11.6 Å². The summed E-state index contributed by atoms with van der Waals surface area (Å²) < 4.78 is 102. The van der Waals surface area contributed by atoms with Crippen LogP contribution < -0.4 is 5.56 Å². The van der Waals surface area contributed by atoms with Gasteiger partial charge in [-0.15, -0.1) is 0 Å². The minimum atomic E-state index is -5.76. The number of hydrogen-bond acceptors (Lipinski definition) is 2. The molecule has 0 fully saturated rings. The molecule has 0 amide bonds. The molecule has 2 rings (SSSR count). The molecule has 12 heteroatoms. The number of carbonyl (C=O) groups is 1. The Morgan fingerprint density at radius 2 is 1.46 bits per heavy atom. The highest BCUT2D eigenvalue weighted by Gasteiger charge is 2.48. The van der Waals surface area contributed by atoms with E-state index in [0.29, 0.717) is 18.2 Å². The van der Waals surface area contributed by atoms with Crippen LogP contribution in [0.1, 0.15) is 16.1 Å². The van der Waals surface area contributed by atoms with Gasteiger partial charge in [-0.05, 0) is 12.1 Å². The van der Waals surface area contributed by atoms with Crippen molar-refractivity contribution in [1.29, 1.82) is 0 Å². The van der Waals surface area contributed by atoms with Crippen molar-refractivity contribution in [3.05, 3.63) is 51.4 Å². The molecule has 1 N–H and O–H groups in total. The molecule has 0 saturated carbocycles. The smallest absolute Gasteiger partial charge is 0.286 e. The predicted octanol–water partition coefficient (Wildman–Crippen LogP) is 3.21. The van der Waals surface area contributed by atoms with Crippen molar-refractivity contribution in [2.75, 3.05) is 0 Å². The summed E-state index contributed by atoms with van der Waals surface area (Å²) in [4.78, 5) is 22.9. The van der Waals surface area contributed by atoms with Gasteiger partial charge in [0.15, 0.2) is 5.69 Å². The third-order valence-corrected chi connectivity index (χ3v) is 2.76. The van der Waals surface area contributed by atoms with E-state index >= 15 is 0 Å². The Morgan fingerprint density at radius 1 is 0.958 bits per heavy atom. The average Bonchev–Trinajstić information content (AvgIpc) is 2.73. The maximum atomic E-state index is 13.1. The van der Waals surface area contributed by atoms with Gasteiger partial charge in [0.25, 0.3) is 11.3 Å². The molecule has 0 atom stereocenters. The van der Waals surface area contributed by atoms with Crippen molar-refractivity contribution in [1.82, 2.24) is 9.78 Å². The van der Waals surface area contributed by atoms with E-state index in [1.807, 2.05) is 0 Å². The fourth-order valence-corrected chi connectivity index (χ4v) is 1.84. The van der Waals surface area contributed by atoms with Gasteiger partial charge in [0.05, 0.1) is 5.69 Å². The lowest BCUT2D eigenvalue weighted by Gasteiger charge is -2.07. The first-order valence-electron chi connectivity index (χ1n) is 5.82. The van der Waals surface area contributed by atoms with E-state index in [0.717, 1.165) is 0 Å². The number of halogens is 8. The fraction of sp³-hybridized carbons (Fsp3) is 0.167. The largest absolute Gasteiger partial charge is 0.455 e. The van der Waals surface area contributed by atoms with Crippen LogP contribution in [0.5, 0.6) is 0 Å². The summed E-state index contributed by atoms with van der Waals surface area (Å²) >= 11 is 0. The zero-order chi connectivity index (χ0) is 18.4. The third kappa shape index (κ3) is 3.16. The number of nitrogens with zero attached hydrogens (tertiary/aromatic N) is 1. The Balaban J connectivity index is 2.80. The quantitative estimate of drug-likeness (QED) is 0.661. The molecule has 1 heterocycles. The van der Waals surface area contributed by atoms with Crippen molar-refractivity contribution in [2.45, 2.75) is 12.4 Å². The molecule has 0 radical (unpaired) electrons. The van der Waals surface area contributed by atoms with Gasteiger partial charge in [0.1, 0.15) is 17.2 Å². The monoisotopic (exact) mass is 360 g/mol. The van der Waals surface area contributed by atoms with Crippen LogP contribution in [-0.2, 0) is 6.18 Å². The van der Waals surface area contributed by atoms with Crippen molar-refractivity contribution < 1.29 is 39.9 Å². The average molecular weight is 360 g/mol. The minimum absolute atomic E-state index is 0.200. The number of Topliss-reactive ketones (excluding diaryl/α,β-unsaturated/α-hetero) is 1. The van der Waals surface area contributed by atoms with Gasteiger partial charge in [-0.1, -0.05) is 0 Å². The third-order valence-electron chi connectivity index (χ3n) is 2.76. The Bertz CT molecular complexity index is 839. The first-order chi connectivity index (χ1) is 10.8.